The molecule has 0 saturated carbocycles. The zero-order valence-electron chi connectivity index (χ0n) is 25.0. The Morgan fingerprint density at radius 2 is 1.45 bits per heavy atom. The molecule has 0 aliphatic heterocycles. The van der Waals surface area contributed by atoms with Crippen molar-refractivity contribution in [3.63, 3.8) is 0 Å². The summed E-state index contributed by atoms with van der Waals surface area (Å²) in [7, 11) is 0. The van der Waals surface area contributed by atoms with Crippen LogP contribution in [0.1, 0.15) is 37.0 Å². The van der Waals surface area contributed by atoms with Crippen LogP contribution in [0.25, 0.3) is 0 Å². The summed E-state index contributed by atoms with van der Waals surface area (Å²) in [5, 5.41) is 7.34. The van der Waals surface area contributed by atoms with Crippen molar-refractivity contribution in [1.82, 2.24) is 14.3 Å². The summed E-state index contributed by atoms with van der Waals surface area (Å²) in [4.78, 5) is 37.8. The summed E-state index contributed by atoms with van der Waals surface area (Å²) in [5.41, 5.74) is 1.66. The lowest BCUT2D eigenvalue weighted by atomic mass is 10.1. The van der Waals surface area contributed by atoms with Crippen LogP contribution < -0.4 is 21.3 Å². The molecule has 1 atom stereocenters. The summed E-state index contributed by atoms with van der Waals surface area (Å²) in [6.07, 6.45) is 0.624. The number of ether oxygens (including phenoxy) is 4. The van der Waals surface area contributed by atoms with E-state index in [1.54, 1.807) is 6.92 Å². The van der Waals surface area contributed by atoms with Crippen molar-refractivity contribution in [2.45, 2.75) is 59.5 Å². The van der Waals surface area contributed by atoms with Gasteiger partial charge >= 0.3 is 17.2 Å². The molecule has 0 radical (unpaired) electrons. The zero-order valence-corrected chi connectivity index (χ0v) is 25.0. The average molecular weight is 603 g/mol. The van der Waals surface area contributed by atoms with E-state index in [0.717, 1.165) is 25.9 Å². The fraction of sp³-hybridized carbons (Fsp3) is 0.333. The van der Waals surface area contributed by atoms with Crippen LogP contribution in [0.4, 0.5) is 5.82 Å². The van der Waals surface area contributed by atoms with Gasteiger partial charge < -0.3 is 24.3 Å². The Balaban J connectivity index is 1.39. The van der Waals surface area contributed by atoms with Crippen LogP contribution in [0.2, 0.25) is 0 Å². The average Bonchev–Trinajstić information content (AvgIpc) is 3.05. The van der Waals surface area contributed by atoms with Crippen LogP contribution in [0.15, 0.2) is 94.5 Å². The van der Waals surface area contributed by atoms with Gasteiger partial charge in [0, 0.05) is 13.0 Å². The summed E-state index contributed by atoms with van der Waals surface area (Å²) in [6.45, 7) is 4.29. The normalized spacial score (nSPS) is 11.6. The van der Waals surface area contributed by atoms with Gasteiger partial charge in [-0.25, -0.2) is 9.36 Å². The molecule has 11 nitrogen and oxygen atoms in total. The Morgan fingerprint density at radius 1 is 0.841 bits per heavy atom. The highest BCUT2D eigenvalue weighted by Gasteiger charge is 2.14. The van der Waals surface area contributed by atoms with Gasteiger partial charge in [0.2, 0.25) is 5.82 Å². The number of hydrogen-bond acceptors (Lipinski definition) is 9. The highest BCUT2D eigenvalue weighted by molar-refractivity contribution is 5.68. The van der Waals surface area contributed by atoms with Gasteiger partial charge in [-0.2, -0.15) is 4.68 Å². The quantitative estimate of drug-likeness (QED) is 0.178. The first kappa shape index (κ1) is 32.2. The predicted molar refractivity (Wildman–Crippen MR) is 165 cm³/mol. The maximum Gasteiger partial charge on any atom is 0.351 e. The summed E-state index contributed by atoms with van der Waals surface area (Å²) in [5.74, 6) is 0.412. The van der Waals surface area contributed by atoms with Crippen molar-refractivity contribution in [2.24, 2.45) is 0 Å². The lowest BCUT2D eigenvalue weighted by Gasteiger charge is -2.15. The number of aromatic nitrogens is 3. The van der Waals surface area contributed by atoms with Crippen molar-refractivity contribution >= 4 is 11.8 Å². The number of nitrogens with one attached hydrogen (secondary N) is 1. The molecular weight excluding hydrogens is 564 g/mol. The molecule has 3 aromatic carbocycles. The number of carbonyl (C=O) groups excluding carboxylic acids is 1. The van der Waals surface area contributed by atoms with Crippen molar-refractivity contribution in [3.8, 4) is 5.75 Å². The van der Waals surface area contributed by atoms with Gasteiger partial charge in [-0.15, -0.1) is 5.10 Å². The fourth-order valence-electron chi connectivity index (χ4n) is 4.16. The molecule has 4 aromatic rings. The second-order valence-corrected chi connectivity index (χ2v) is 10.1. The Bertz CT molecular complexity index is 1570. The molecule has 1 N–H and O–H groups in total. The number of anilines is 1. The van der Waals surface area contributed by atoms with Crippen LogP contribution in [0.3, 0.4) is 0 Å². The molecule has 1 heterocycles. The molecule has 0 aliphatic carbocycles. The van der Waals surface area contributed by atoms with Crippen molar-refractivity contribution in [1.29, 1.82) is 0 Å². The first-order chi connectivity index (χ1) is 21.4. The van der Waals surface area contributed by atoms with Crippen molar-refractivity contribution in [2.75, 3.05) is 18.5 Å². The van der Waals surface area contributed by atoms with Gasteiger partial charge in [0.15, 0.2) is 0 Å². The monoisotopic (exact) mass is 602 g/mol. The molecule has 0 bridgehead atoms. The van der Waals surface area contributed by atoms with Crippen molar-refractivity contribution < 1.29 is 23.7 Å². The van der Waals surface area contributed by atoms with Gasteiger partial charge in [-0.05, 0) is 42.2 Å². The van der Waals surface area contributed by atoms with Gasteiger partial charge in [-0.3, -0.25) is 9.59 Å². The first-order valence-electron chi connectivity index (χ1n) is 14.5. The van der Waals surface area contributed by atoms with Crippen LogP contribution in [0.5, 0.6) is 5.75 Å². The third kappa shape index (κ3) is 9.92. The van der Waals surface area contributed by atoms with E-state index in [0.29, 0.717) is 25.1 Å². The van der Waals surface area contributed by atoms with Crippen LogP contribution in [-0.4, -0.2) is 39.6 Å². The molecule has 0 spiro atoms. The minimum atomic E-state index is -0.629. The smallest absolute Gasteiger partial charge is 0.351 e. The third-order valence-corrected chi connectivity index (χ3v) is 6.51. The molecule has 1 unspecified atom stereocenters. The van der Waals surface area contributed by atoms with Gasteiger partial charge in [-0.1, -0.05) is 79.7 Å². The highest BCUT2D eigenvalue weighted by atomic mass is 16.6. The van der Waals surface area contributed by atoms with Crippen molar-refractivity contribution in [3.05, 3.63) is 122 Å². The molecule has 0 fully saturated rings. The minimum Gasteiger partial charge on any atom is -0.487 e. The standard InChI is InChI=1S/C33H38N4O7/c1-3-30(38)43-20-25(2)44-29-16-14-26(15-17-29)18-19-34-31-32(39)36(23-41-21-27-10-6-4-7-11-27)33(40)37(35-31)24-42-22-28-12-8-5-9-13-28/h4-17,25H,3,18-24H2,1-2H3,(H,34,35). The van der Waals surface area contributed by atoms with E-state index in [-0.39, 0.29) is 51.2 Å². The molecule has 11 heteroatoms. The topological polar surface area (TPSA) is 123 Å². The summed E-state index contributed by atoms with van der Waals surface area (Å²) < 4.78 is 24.5. The lowest BCUT2D eigenvalue weighted by molar-refractivity contribution is -0.145. The third-order valence-electron chi connectivity index (χ3n) is 6.51. The lowest BCUT2D eigenvalue weighted by Crippen LogP contribution is -2.43. The Kier molecular flexibility index (Phi) is 12.3. The molecule has 0 amide bonds. The largest absolute Gasteiger partial charge is 0.487 e. The van der Waals surface area contributed by atoms with E-state index in [1.807, 2.05) is 91.9 Å². The van der Waals surface area contributed by atoms with Gasteiger partial charge in [0.1, 0.15) is 31.9 Å². The van der Waals surface area contributed by atoms with Crippen LogP contribution in [-0.2, 0) is 52.1 Å². The number of nitrogens with zero attached hydrogens (tertiary/aromatic N) is 3. The van der Waals surface area contributed by atoms with Gasteiger partial charge in [0.25, 0.3) is 0 Å². The fourth-order valence-corrected chi connectivity index (χ4v) is 4.16. The molecule has 4 rings (SSSR count). The van der Waals surface area contributed by atoms with E-state index in [4.69, 9.17) is 18.9 Å². The molecule has 1 aromatic heterocycles. The van der Waals surface area contributed by atoms with E-state index in [2.05, 4.69) is 10.4 Å². The summed E-state index contributed by atoms with van der Waals surface area (Å²) in [6, 6.07) is 26.6. The zero-order chi connectivity index (χ0) is 31.1. The summed E-state index contributed by atoms with van der Waals surface area (Å²) >= 11 is 0. The Hall–Kier alpha value is -4.74. The highest BCUT2D eigenvalue weighted by Crippen LogP contribution is 2.15. The maximum atomic E-state index is 13.2. The van der Waals surface area contributed by atoms with Crippen LogP contribution in [0, 0.1) is 0 Å². The Labute approximate surface area is 256 Å². The molecule has 232 valence electrons. The predicted octanol–water partition coefficient (Wildman–Crippen LogP) is 4.13. The van der Waals surface area contributed by atoms with E-state index >= 15 is 0 Å². The maximum absolute atomic E-state index is 13.2. The second kappa shape index (κ2) is 16.8. The number of carbonyl (C=O) groups is 1. The SMILES string of the molecule is CCC(=O)OCC(C)Oc1ccc(CCNc2nn(COCc3ccccc3)c(=O)n(COCc3ccccc3)c2=O)cc1. The number of hydrogen-bond donors (Lipinski definition) is 1. The van der Waals surface area contributed by atoms with Crippen LogP contribution >= 0.6 is 0 Å². The molecule has 44 heavy (non-hydrogen) atoms. The Morgan fingerprint density at radius 3 is 2.07 bits per heavy atom. The molecular formula is C33H38N4O7. The molecule has 0 aliphatic rings. The first-order valence-corrected chi connectivity index (χ1v) is 14.5. The second-order valence-electron chi connectivity index (χ2n) is 10.1. The number of rotatable bonds is 17. The number of benzene rings is 3. The number of esters is 1. The van der Waals surface area contributed by atoms with E-state index in [9.17, 15) is 14.4 Å². The van der Waals surface area contributed by atoms with Gasteiger partial charge in [0.05, 0.1) is 13.2 Å². The molecule has 0 saturated heterocycles. The van der Waals surface area contributed by atoms with E-state index in [1.165, 1.54) is 0 Å². The minimum absolute atomic E-state index is 0.0200. The van der Waals surface area contributed by atoms with E-state index < -0.39 is 11.2 Å².